The van der Waals surface area contributed by atoms with Gasteiger partial charge in [-0.25, -0.2) is 17.2 Å². The molecule has 2 aliphatic rings. The molecule has 5 nitrogen and oxygen atoms in total. The van der Waals surface area contributed by atoms with E-state index in [1.54, 1.807) is 0 Å². The highest BCUT2D eigenvalue weighted by Gasteiger charge is 2.73. The first-order chi connectivity index (χ1) is 19.0. The number of likely N-dealkylation sites (tertiary alicyclic amines) is 1. The van der Waals surface area contributed by atoms with Crippen molar-refractivity contribution in [3.63, 3.8) is 0 Å². The fraction of sp³-hybridized carbons (Fsp3) is 0.519. The van der Waals surface area contributed by atoms with Gasteiger partial charge < -0.3 is 5.11 Å². The zero-order valence-corrected chi connectivity index (χ0v) is 22.4. The van der Waals surface area contributed by atoms with Gasteiger partial charge >= 0.3 is 24.0 Å². The molecule has 226 valence electrons. The summed E-state index contributed by atoms with van der Waals surface area (Å²) in [4.78, 5) is 12.4. The second-order valence-corrected chi connectivity index (χ2v) is 12.6. The van der Waals surface area contributed by atoms with Crippen LogP contribution in [0.5, 0.6) is 0 Å². The molecule has 0 spiro atoms. The second-order valence-electron chi connectivity index (χ2n) is 10.4. The van der Waals surface area contributed by atoms with Crippen LogP contribution in [-0.4, -0.2) is 55.9 Å². The number of nitrogens with zero attached hydrogens (tertiary/aromatic N) is 1. The molecule has 1 aliphatic carbocycles. The van der Waals surface area contributed by atoms with Crippen LogP contribution in [0.15, 0.2) is 47.4 Å². The van der Waals surface area contributed by atoms with Crippen LogP contribution in [0.3, 0.4) is 0 Å². The van der Waals surface area contributed by atoms with Crippen molar-refractivity contribution in [3.8, 4) is 0 Å². The predicted molar refractivity (Wildman–Crippen MR) is 131 cm³/mol. The number of alkyl halides is 7. The average Bonchev–Trinajstić information content (AvgIpc) is 3.27. The number of fused-ring (bicyclic) bond motifs is 3. The van der Waals surface area contributed by atoms with E-state index in [4.69, 9.17) is 5.11 Å². The molecule has 0 radical (unpaired) electrons. The fourth-order valence-corrected chi connectivity index (χ4v) is 8.57. The van der Waals surface area contributed by atoms with Gasteiger partial charge in [0, 0.05) is 24.6 Å². The van der Waals surface area contributed by atoms with Crippen LogP contribution in [0, 0.1) is 5.82 Å². The second kappa shape index (κ2) is 10.8. The number of carboxylic acids is 1. The molecule has 0 bridgehead atoms. The quantitative estimate of drug-likeness (QED) is 0.200. The van der Waals surface area contributed by atoms with Crippen molar-refractivity contribution in [2.75, 3.05) is 13.1 Å². The Kier molecular flexibility index (Phi) is 8.24. The smallest absolute Gasteiger partial charge is 0.435 e. The molecule has 1 saturated heterocycles. The van der Waals surface area contributed by atoms with Gasteiger partial charge in [-0.15, -0.1) is 0 Å². The Balaban J connectivity index is 1.80. The Labute approximate surface area is 231 Å². The number of hydrogen-bond donors (Lipinski definition) is 1. The van der Waals surface area contributed by atoms with Crippen LogP contribution >= 0.6 is 0 Å². The van der Waals surface area contributed by atoms with Gasteiger partial charge in [-0.2, -0.15) is 26.3 Å². The van der Waals surface area contributed by atoms with Gasteiger partial charge in [-0.3, -0.25) is 9.69 Å². The normalized spacial score (nSPS) is 21.9. The molecule has 4 rings (SSSR count). The predicted octanol–water partition coefficient (Wildman–Crippen LogP) is 6.45. The number of aryl methyl sites for hydroxylation is 1. The Hall–Kier alpha value is -2.74. The maximum atomic E-state index is 14.9. The summed E-state index contributed by atoms with van der Waals surface area (Å²) < 4.78 is 136. The van der Waals surface area contributed by atoms with Crippen molar-refractivity contribution < 1.29 is 53.4 Å². The van der Waals surface area contributed by atoms with Crippen molar-refractivity contribution >= 4 is 15.8 Å². The van der Waals surface area contributed by atoms with Crippen LogP contribution in [0.2, 0.25) is 0 Å². The first-order valence-corrected chi connectivity index (χ1v) is 14.4. The molecule has 0 saturated carbocycles. The lowest BCUT2D eigenvalue weighted by Crippen LogP contribution is -2.52. The first-order valence-electron chi connectivity index (χ1n) is 12.9. The molecule has 1 aliphatic heterocycles. The summed E-state index contributed by atoms with van der Waals surface area (Å²) in [6.45, 7) is 0.609. The van der Waals surface area contributed by atoms with Crippen molar-refractivity contribution in [1.29, 1.82) is 0 Å². The van der Waals surface area contributed by atoms with E-state index >= 15 is 0 Å². The van der Waals surface area contributed by atoms with E-state index in [1.165, 1.54) is 0 Å². The van der Waals surface area contributed by atoms with Gasteiger partial charge in [0.2, 0.25) is 0 Å². The van der Waals surface area contributed by atoms with Crippen LogP contribution in [0.25, 0.3) is 0 Å². The van der Waals surface area contributed by atoms with Gasteiger partial charge in [0.1, 0.15) is 10.6 Å². The van der Waals surface area contributed by atoms with E-state index in [0.717, 1.165) is 30.3 Å². The maximum Gasteiger partial charge on any atom is 0.435 e. The summed E-state index contributed by atoms with van der Waals surface area (Å²) in [5, 5.41) is 8.83. The fourth-order valence-electron chi connectivity index (χ4n) is 6.18. The average molecular weight is 614 g/mol. The molecule has 1 N–H and O–H groups in total. The molecule has 2 aromatic carbocycles. The first kappa shape index (κ1) is 31.2. The third-order valence-corrected chi connectivity index (χ3v) is 10.7. The van der Waals surface area contributed by atoms with E-state index in [-0.39, 0.29) is 48.3 Å². The lowest BCUT2D eigenvalue weighted by Gasteiger charge is -2.43. The highest BCUT2D eigenvalue weighted by molar-refractivity contribution is 7.92. The Morgan fingerprint density at radius 1 is 0.951 bits per heavy atom. The Bertz CT molecular complexity index is 1380. The zero-order valence-electron chi connectivity index (χ0n) is 21.5. The number of unbranched alkanes of at least 4 members (excludes halogenated alkanes) is 2. The van der Waals surface area contributed by atoms with Gasteiger partial charge in [0.15, 0.2) is 9.84 Å². The summed E-state index contributed by atoms with van der Waals surface area (Å²) >= 11 is 0. The van der Waals surface area contributed by atoms with Crippen LogP contribution in [0.1, 0.15) is 55.2 Å². The maximum absolute atomic E-state index is 14.9. The number of carbonyl (C=O) groups is 1. The van der Waals surface area contributed by atoms with E-state index in [1.807, 2.05) is 4.90 Å². The minimum absolute atomic E-state index is 0.0121. The van der Waals surface area contributed by atoms with Crippen molar-refractivity contribution in [3.05, 3.63) is 65.0 Å². The number of benzene rings is 2. The molecule has 41 heavy (non-hydrogen) atoms. The Morgan fingerprint density at radius 2 is 1.59 bits per heavy atom. The standard InChI is InChI=1S/C27H27F8NO4S/c28-19-7-9-20(10-8-19)41(39,40)24-13-15-36(14-3-1-2-4-23(37)38)22(24)12-5-17-16-18(6-11-21(17)24)25(29,26(30,31)32)27(33,34)35/h6-11,16,22H,1-5,12-15H2,(H,37,38)/t22-,24-/m0/s1. The third-order valence-electron chi connectivity index (χ3n) is 8.12. The van der Waals surface area contributed by atoms with E-state index < -0.39 is 56.0 Å². The number of aliphatic carboxylic acids is 1. The van der Waals surface area contributed by atoms with E-state index in [9.17, 15) is 48.3 Å². The molecule has 1 fully saturated rings. The molecule has 0 unspecified atom stereocenters. The third kappa shape index (κ3) is 5.21. The van der Waals surface area contributed by atoms with Gasteiger partial charge in [-0.1, -0.05) is 24.6 Å². The summed E-state index contributed by atoms with van der Waals surface area (Å²) in [6, 6.07) is 4.90. The minimum atomic E-state index is -6.32. The number of sulfone groups is 1. The van der Waals surface area contributed by atoms with Crippen molar-refractivity contribution in [1.82, 2.24) is 4.90 Å². The van der Waals surface area contributed by atoms with Gasteiger partial charge in [0.05, 0.1) is 4.90 Å². The van der Waals surface area contributed by atoms with Gasteiger partial charge in [-0.05, 0) is 74.0 Å². The molecule has 0 amide bonds. The van der Waals surface area contributed by atoms with E-state index in [0.29, 0.717) is 37.9 Å². The number of hydrogen-bond acceptors (Lipinski definition) is 4. The molecular formula is C27H27F8NO4S. The topological polar surface area (TPSA) is 74.7 Å². The van der Waals surface area contributed by atoms with E-state index in [2.05, 4.69) is 0 Å². The van der Waals surface area contributed by atoms with Gasteiger partial charge in [0.25, 0.3) is 0 Å². The highest BCUT2D eigenvalue weighted by atomic mass is 32.2. The SMILES string of the molecule is O=C(O)CCCCCN1CC[C@]2(S(=O)(=O)c3ccc(F)cc3)c3ccc(C(F)(C(F)(F)F)C(F)(F)F)cc3CC[C@H]12. The molecule has 0 aromatic heterocycles. The van der Waals surface area contributed by atoms with Crippen LogP contribution in [-0.2, 0) is 31.5 Å². The summed E-state index contributed by atoms with van der Waals surface area (Å²) in [5.74, 6) is -1.66. The Morgan fingerprint density at radius 3 is 2.17 bits per heavy atom. The number of carboxylic acid groups (broad SMARTS) is 1. The lowest BCUT2D eigenvalue weighted by molar-refractivity contribution is -0.348. The molecule has 2 aromatic rings. The molecule has 14 heteroatoms. The molecule has 2 atom stereocenters. The van der Waals surface area contributed by atoms with Crippen molar-refractivity contribution in [2.45, 2.75) is 78.7 Å². The molecular weight excluding hydrogens is 586 g/mol. The number of rotatable bonds is 9. The largest absolute Gasteiger partial charge is 0.481 e. The van der Waals surface area contributed by atoms with Crippen LogP contribution in [0.4, 0.5) is 35.1 Å². The summed E-state index contributed by atoms with van der Waals surface area (Å²) in [7, 11) is -4.40. The zero-order chi connectivity index (χ0) is 30.4. The van der Waals surface area contributed by atoms with Crippen molar-refractivity contribution in [2.24, 2.45) is 0 Å². The van der Waals surface area contributed by atoms with Crippen LogP contribution < -0.4 is 0 Å². The summed E-state index contributed by atoms with van der Waals surface area (Å²) in [5.41, 5.74) is -7.49. The lowest BCUT2D eigenvalue weighted by atomic mass is 9.76. The monoisotopic (exact) mass is 613 g/mol. The highest BCUT2D eigenvalue weighted by Crippen LogP contribution is 2.56. The summed E-state index contributed by atoms with van der Waals surface area (Å²) in [6.07, 6.45) is -11.3. The number of halogens is 8. The molecule has 1 heterocycles. The minimum Gasteiger partial charge on any atom is -0.481 e.